The zero-order valence-corrected chi connectivity index (χ0v) is 16.1. The maximum absolute atomic E-state index is 12.3. The molecule has 1 atom stereocenters. The van der Waals surface area contributed by atoms with E-state index in [9.17, 15) is 23.1 Å². The molecule has 1 amide bonds. The third-order valence-corrected chi connectivity index (χ3v) is 5.53. The second-order valence-corrected chi connectivity index (χ2v) is 8.93. The van der Waals surface area contributed by atoms with Gasteiger partial charge in [-0.05, 0) is 32.9 Å². The molecule has 0 saturated carbocycles. The number of carbonyl (C=O) groups is 2. The lowest BCUT2D eigenvalue weighted by molar-refractivity contribution is -0.143. The minimum absolute atomic E-state index is 0.0544. The van der Waals surface area contributed by atoms with Crippen LogP contribution in [-0.2, 0) is 19.6 Å². The lowest BCUT2D eigenvalue weighted by Gasteiger charge is -2.40. The van der Waals surface area contributed by atoms with Gasteiger partial charge in [-0.3, -0.25) is 0 Å². The lowest BCUT2D eigenvalue weighted by atomic mass is 10.1. The van der Waals surface area contributed by atoms with E-state index in [-0.39, 0.29) is 30.4 Å². The molecule has 2 aliphatic heterocycles. The summed E-state index contributed by atoms with van der Waals surface area (Å²) in [5.41, 5.74) is -0.329. The van der Waals surface area contributed by atoms with Crippen molar-refractivity contribution in [3.63, 3.8) is 0 Å². The topological polar surface area (TPSA) is 117 Å². The Balaban J connectivity index is 1.88. The average molecular weight is 395 g/mol. The fraction of sp³-hybridized carbons (Fsp3) is 0.471. The summed E-state index contributed by atoms with van der Waals surface area (Å²) < 4.78 is 33.6. The smallest absolute Gasteiger partial charge is 0.410 e. The summed E-state index contributed by atoms with van der Waals surface area (Å²) in [6.45, 7) is 5.37. The van der Waals surface area contributed by atoms with E-state index < -0.39 is 33.7 Å². The van der Waals surface area contributed by atoms with Crippen LogP contribution in [0.4, 0.5) is 4.79 Å². The van der Waals surface area contributed by atoms with Crippen molar-refractivity contribution in [2.75, 3.05) is 19.6 Å². The van der Waals surface area contributed by atoms with E-state index in [1.54, 1.807) is 39.0 Å². The zero-order chi connectivity index (χ0) is 20.0. The number of sulfonamides is 1. The van der Waals surface area contributed by atoms with Gasteiger partial charge in [0.15, 0.2) is 5.84 Å². The lowest BCUT2D eigenvalue weighted by Crippen LogP contribution is -2.59. The first kappa shape index (κ1) is 19.2. The third kappa shape index (κ3) is 3.75. The SMILES string of the molecule is CC(C)(C)OC(=O)N1CCN(C2=NS(=O)(=O)c3ccccc32)C(C(=O)O)C1. The Morgan fingerprint density at radius 1 is 1.22 bits per heavy atom. The van der Waals surface area contributed by atoms with Crippen LogP contribution >= 0.6 is 0 Å². The first-order chi connectivity index (χ1) is 12.5. The molecule has 1 aromatic rings. The number of amidine groups is 1. The zero-order valence-electron chi connectivity index (χ0n) is 15.2. The molecule has 9 nitrogen and oxygen atoms in total. The monoisotopic (exact) mass is 395 g/mol. The number of nitrogens with zero attached hydrogens (tertiary/aromatic N) is 3. The molecule has 146 valence electrons. The summed E-state index contributed by atoms with van der Waals surface area (Å²) in [7, 11) is -3.86. The summed E-state index contributed by atoms with van der Waals surface area (Å²) in [4.78, 5) is 26.9. The molecule has 1 aromatic carbocycles. The number of benzene rings is 1. The van der Waals surface area contributed by atoms with Gasteiger partial charge in [0.1, 0.15) is 16.5 Å². The van der Waals surface area contributed by atoms with Gasteiger partial charge in [-0.2, -0.15) is 8.42 Å². The first-order valence-corrected chi connectivity index (χ1v) is 9.85. The van der Waals surface area contributed by atoms with Crippen molar-refractivity contribution in [2.24, 2.45) is 4.40 Å². The van der Waals surface area contributed by atoms with E-state index in [1.807, 2.05) is 0 Å². The van der Waals surface area contributed by atoms with Crippen molar-refractivity contribution in [3.05, 3.63) is 29.8 Å². The van der Waals surface area contributed by atoms with Crippen LogP contribution in [-0.4, -0.2) is 72.5 Å². The fourth-order valence-electron chi connectivity index (χ4n) is 3.04. The van der Waals surface area contributed by atoms with Crippen LogP contribution in [0.1, 0.15) is 26.3 Å². The molecule has 0 radical (unpaired) electrons. The number of aliphatic carboxylic acids is 1. The molecule has 2 aliphatic rings. The predicted octanol–water partition coefficient (Wildman–Crippen LogP) is 1.14. The highest BCUT2D eigenvalue weighted by atomic mass is 32.2. The standard InChI is InChI=1S/C17H21N3O6S/c1-17(2,3)26-16(23)19-8-9-20(12(10-19)15(21)22)14-11-6-4-5-7-13(11)27(24,25)18-14/h4-7,12H,8-10H2,1-3H3,(H,21,22). The number of carboxylic acid groups (broad SMARTS) is 1. The van der Waals surface area contributed by atoms with Crippen molar-refractivity contribution in [1.82, 2.24) is 9.80 Å². The number of carbonyl (C=O) groups excluding carboxylic acids is 1. The number of hydrogen-bond acceptors (Lipinski definition) is 6. The second kappa shape index (κ2) is 6.52. The normalized spacial score (nSPS) is 21.4. The van der Waals surface area contributed by atoms with E-state index in [4.69, 9.17) is 4.74 Å². The summed E-state index contributed by atoms with van der Waals surface area (Å²) in [6.07, 6.45) is -0.602. The van der Waals surface area contributed by atoms with Crippen LogP contribution < -0.4 is 0 Å². The molecular weight excluding hydrogens is 374 g/mol. The van der Waals surface area contributed by atoms with Gasteiger partial charge in [-0.15, -0.1) is 4.40 Å². The van der Waals surface area contributed by atoms with Gasteiger partial charge >= 0.3 is 12.1 Å². The van der Waals surface area contributed by atoms with Gasteiger partial charge in [-0.25, -0.2) is 9.59 Å². The van der Waals surface area contributed by atoms with Crippen molar-refractivity contribution >= 4 is 27.9 Å². The van der Waals surface area contributed by atoms with Gasteiger partial charge < -0.3 is 19.6 Å². The number of ether oxygens (including phenoxy) is 1. The Morgan fingerprint density at radius 2 is 1.89 bits per heavy atom. The van der Waals surface area contributed by atoms with Crippen LogP contribution in [0, 0.1) is 0 Å². The molecule has 0 spiro atoms. The van der Waals surface area contributed by atoms with Crippen LogP contribution in [0.5, 0.6) is 0 Å². The highest BCUT2D eigenvalue weighted by Gasteiger charge is 2.41. The minimum atomic E-state index is -3.86. The molecule has 1 fully saturated rings. The van der Waals surface area contributed by atoms with Crippen molar-refractivity contribution < 1.29 is 27.9 Å². The number of rotatable bonds is 1. The van der Waals surface area contributed by atoms with E-state index in [1.165, 1.54) is 15.9 Å². The van der Waals surface area contributed by atoms with Gasteiger partial charge in [0.05, 0.1) is 6.54 Å². The number of amides is 1. The maximum Gasteiger partial charge on any atom is 0.410 e. The summed E-state index contributed by atoms with van der Waals surface area (Å²) >= 11 is 0. The summed E-state index contributed by atoms with van der Waals surface area (Å²) in [5.74, 6) is -1.07. The Bertz CT molecular complexity index is 919. The second-order valence-electron chi connectivity index (χ2n) is 7.36. The minimum Gasteiger partial charge on any atom is -0.480 e. The molecule has 27 heavy (non-hydrogen) atoms. The maximum atomic E-state index is 12.3. The fourth-order valence-corrected chi connectivity index (χ4v) is 4.25. The molecular formula is C17H21N3O6S. The van der Waals surface area contributed by atoms with Crippen LogP contribution in [0.25, 0.3) is 0 Å². The van der Waals surface area contributed by atoms with E-state index >= 15 is 0 Å². The van der Waals surface area contributed by atoms with Gasteiger partial charge in [-0.1, -0.05) is 12.1 Å². The van der Waals surface area contributed by atoms with Gasteiger partial charge in [0.2, 0.25) is 0 Å². The van der Waals surface area contributed by atoms with E-state index in [0.29, 0.717) is 5.56 Å². The molecule has 0 aliphatic carbocycles. The van der Waals surface area contributed by atoms with E-state index in [0.717, 1.165) is 0 Å². The van der Waals surface area contributed by atoms with E-state index in [2.05, 4.69) is 4.40 Å². The number of fused-ring (bicyclic) bond motifs is 1. The number of hydrogen-bond donors (Lipinski definition) is 1. The third-order valence-electron chi connectivity index (χ3n) is 4.20. The Morgan fingerprint density at radius 3 is 2.52 bits per heavy atom. The predicted molar refractivity (Wildman–Crippen MR) is 96.1 cm³/mol. The van der Waals surface area contributed by atoms with Gasteiger partial charge in [0, 0.05) is 18.7 Å². The van der Waals surface area contributed by atoms with Gasteiger partial charge in [0.25, 0.3) is 10.0 Å². The Hall–Kier alpha value is -2.62. The average Bonchev–Trinajstić information content (AvgIpc) is 2.84. The highest BCUT2D eigenvalue weighted by molar-refractivity contribution is 7.90. The molecule has 3 rings (SSSR count). The van der Waals surface area contributed by atoms with Crippen molar-refractivity contribution in [1.29, 1.82) is 0 Å². The molecule has 1 saturated heterocycles. The summed E-state index contributed by atoms with van der Waals surface area (Å²) in [5, 5.41) is 9.65. The van der Waals surface area contributed by atoms with Crippen molar-refractivity contribution in [2.45, 2.75) is 37.3 Å². The molecule has 0 aromatic heterocycles. The molecule has 1 N–H and O–H groups in total. The van der Waals surface area contributed by atoms with Crippen LogP contribution in [0.2, 0.25) is 0 Å². The summed E-state index contributed by atoms with van der Waals surface area (Å²) in [6, 6.07) is 5.16. The van der Waals surface area contributed by atoms with Crippen molar-refractivity contribution in [3.8, 4) is 0 Å². The Kier molecular flexibility index (Phi) is 4.62. The first-order valence-electron chi connectivity index (χ1n) is 8.41. The molecule has 10 heteroatoms. The molecule has 0 bridgehead atoms. The number of piperazine rings is 1. The molecule has 1 unspecified atom stereocenters. The quantitative estimate of drug-likeness (QED) is 0.758. The number of carboxylic acids is 1. The van der Waals surface area contributed by atoms with Crippen LogP contribution in [0.3, 0.4) is 0 Å². The largest absolute Gasteiger partial charge is 0.480 e. The molecule has 2 heterocycles. The van der Waals surface area contributed by atoms with Crippen LogP contribution in [0.15, 0.2) is 33.6 Å². The highest BCUT2D eigenvalue weighted by Crippen LogP contribution is 2.29. The Labute approximate surface area is 157 Å².